The van der Waals surface area contributed by atoms with Gasteiger partial charge in [-0.05, 0) is 48.5 Å². The highest BCUT2D eigenvalue weighted by molar-refractivity contribution is 7.92. The molecule has 1 N–H and O–H groups in total. The predicted octanol–water partition coefficient (Wildman–Crippen LogP) is 4.20. The molecular formula is C19H16N2O6S. The van der Waals surface area contributed by atoms with Crippen molar-refractivity contribution in [3.05, 3.63) is 82.9 Å². The third-order valence-corrected chi connectivity index (χ3v) is 5.17. The quantitative estimate of drug-likeness (QED) is 0.470. The van der Waals surface area contributed by atoms with Gasteiger partial charge in [-0.3, -0.25) is 14.8 Å². The summed E-state index contributed by atoms with van der Waals surface area (Å²) in [5, 5.41) is 11.2. The second kappa shape index (κ2) is 7.97. The first-order valence-corrected chi connectivity index (χ1v) is 9.55. The summed E-state index contributed by atoms with van der Waals surface area (Å²) in [6.07, 6.45) is 0. The second-order valence-corrected chi connectivity index (χ2v) is 7.29. The lowest BCUT2D eigenvalue weighted by Crippen LogP contribution is -2.14. The zero-order chi connectivity index (χ0) is 20.1. The van der Waals surface area contributed by atoms with Crippen LogP contribution in [0.1, 0.15) is 0 Å². The molecule has 3 aromatic rings. The third kappa shape index (κ3) is 4.38. The number of anilines is 1. The van der Waals surface area contributed by atoms with Crippen molar-refractivity contribution in [3.63, 3.8) is 0 Å². The molecule has 0 heterocycles. The first kappa shape index (κ1) is 19.2. The maximum absolute atomic E-state index is 12.6. The fourth-order valence-electron chi connectivity index (χ4n) is 2.42. The van der Waals surface area contributed by atoms with Gasteiger partial charge in [0.05, 0.1) is 18.1 Å². The molecule has 8 nitrogen and oxygen atoms in total. The van der Waals surface area contributed by atoms with Gasteiger partial charge in [-0.25, -0.2) is 8.42 Å². The van der Waals surface area contributed by atoms with Crippen LogP contribution in [0.2, 0.25) is 0 Å². The SMILES string of the molecule is COc1ccc(S(=O)(=O)Nc2ccc(Oc3ccccc3)cc2)c([N+](=O)[O-])c1. The molecule has 3 rings (SSSR count). The Hall–Kier alpha value is -3.59. The van der Waals surface area contributed by atoms with Crippen molar-refractivity contribution >= 4 is 21.4 Å². The minimum absolute atomic E-state index is 0.188. The van der Waals surface area contributed by atoms with Crippen LogP contribution in [0.3, 0.4) is 0 Å². The van der Waals surface area contributed by atoms with Crippen molar-refractivity contribution in [2.45, 2.75) is 4.90 Å². The van der Waals surface area contributed by atoms with E-state index in [1.165, 1.54) is 25.3 Å². The molecule has 3 aromatic carbocycles. The Morgan fingerprint density at radius 2 is 1.50 bits per heavy atom. The maximum Gasteiger partial charge on any atom is 0.293 e. The van der Waals surface area contributed by atoms with E-state index in [-0.39, 0.29) is 11.4 Å². The molecule has 0 radical (unpaired) electrons. The molecule has 0 aliphatic heterocycles. The van der Waals surface area contributed by atoms with Crippen LogP contribution in [-0.4, -0.2) is 20.5 Å². The van der Waals surface area contributed by atoms with Crippen LogP contribution in [0.4, 0.5) is 11.4 Å². The van der Waals surface area contributed by atoms with E-state index < -0.39 is 25.5 Å². The van der Waals surface area contributed by atoms with Crippen molar-refractivity contribution in [2.75, 3.05) is 11.8 Å². The van der Waals surface area contributed by atoms with E-state index in [2.05, 4.69) is 4.72 Å². The minimum atomic E-state index is -4.17. The Kier molecular flexibility index (Phi) is 5.46. The minimum Gasteiger partial charge on any atom is -0.497 e. The van der Waals surface area contributed by atoms with Crippen molar-refractivity contribution in [3.8, 4) is 17.2 Å². The lowest BCUT2D eigenvalue weighted by molar-refractivity contribution is -0.387. The normalized spacial score (nSPS) is 10.9. The van der Waals surface area contributed by atoms with Gasteiger partial charge >= 0.3 is 0 Å². The van der Waals surface area contributed by atoms with Crippen LogP contribution in [0, 0.1) is 10.1 Å². The summed E-state index contributed by atoms with van der Waals surface area (Å²) in [5.41, 5.74) is -0.332. The van der Waals surface area contributed by atoms with Crippen LogP contribution < -0.4 is 14.2 Å². The van der Waals surface area contributed by atoms with Crippen molar-refractivity contribution in [1.82, 2.24) is 0 Å². The van der Waals surface area contributed by atoms with Gasteiger partial charge in [-0.2, -0.15) is 0 Å². The van der Waals surface area contributed by atoms with Gasteiger partial charge in [-0.15, -0.1) is 0 Å². The van der Waals surface area contributed by atoms with E-state index in [4.69, 9.17) is 9.47 Å². The average Bonchev–Trinajstić information content (AvgIpc) is 2.69. The molecule has 28 heavy (non-hydrogen) atoms. The Bertz CT molecular complexity index is 1080. The van der Waals surface area contributed by atoms with Crippen LogP contribution in [-0.2, 0) is 10.0 Å². The lowest BCUT2D eigenvalue weighted by Gasteiger charge is -2.10. The third-order valence-electron chi connectivity index (χ3n) is 3.74. The van der Waals surface area contributed by atoms with E-state index in [0.29, 0.717) is 11.5 Å². The van der Waals surface area contributed by atoms with Gasteiger partial charge in [0.2, 0.25) is 0 Å². The largest absolute Gasteiger partial charge is 0.497 e. The number of nitro benzene ring substituents is 1. The van der Waals surface area contributed by atoms with Crippen LogP contribution >= 0.6 is 0 Å². The molecule has 0 fully saturated rings. The Balaban J connectivity index is 1.82. The number of methoxy groups -OCH3 is 1. The van der Waals surface area contributed by atoms with E-state index >= 15 is 0 Å². The average molecular weight is 400 g/mol. The Morgan fingerprint density at radius 1 is 0.893 bits per heavy atom. The van der Waals surface area contributed by atoms with E-state index in [1.54, 1.807) is 24.3 Å². The summed E-state index contributed by atoms with van der Waals surface area (Å²) in [4.78, 5) is 10.0. The van der Waals surface area contributed by atoms with Crippen molar-refractivity contribution < 1.29 is 22.8 Å². The maximum atomic E-state index is 12.6. The number of hydrogen-bond donors (Lipinski definition) is 1. The van der Waals surface area contributed by atoms with Crippen LogP contribution in [0.25, 0.3) is 0 Å². The number of rotatable bonds is 7. The summed E-state index contributed by atoms with van der Waals surface area (Å²) in [7, 11) is -2.84. The number of hydrogen-bond acceptors (Lipinski definition) is 6. The number of para-hydroxylation sites is 1. The first-order chi connectivity index (χ1) is 13.4. The molecule has 0 saturated heterocycles. The summed E-state index contributed by atoms with van der Waals surface area (Å²) in [5.74, 6) is 1.35. The number of sulfonamides is 1. The molecule has 0 atom stereocenters. The fourth-order valence-corrected chi connectivity index (χ4v) is 3.63. The molecule has 0 saturated carbocycles. The highest BCUT2D eigenvalue weighted by atomic mass is 32.2. The monoisotopic (exact) mass is 400 g/mol. The molecule has 0 spiro atoms. The Labute approximate surface area is 161 Å². The summed E-state index contributed by atoms with van der Waals surface area (Å²) in [6.45, 7) is 0. The van der Waals surface area contributed by atoms with Crippen molar-refractivity contribution in [2.24, 2.45) is 0 Å². The molecule has 0 unspecified atom stereocenters. The van der Waals surface area contributed by atoms with E-state index in [0.717, 1.165) is 12.1 Å². The summed E-state index contributed by atoms with van der Waals surface area (Å²) >= 11 is 0. The zero-order valence-electron chi connectivity index (χ0n) is 14.7. The number of benzene rings is 3. The summed E-state index contributed by atoms with van der Waals surface area (Å²) in [6, 6.07) is 18.8. The van der Waals surface area contributed by atoms with Crippen molar-refractivity contribution in [1.29, 1.82) is 0 Å². The van der Waals surface area contributed by atoms with Gasteiger partial charge in [0.1, 0.15) is 17.2 Å². The zero-order valence-corrected chi connectivity index (χ0v) is 15.5. The highest BCUT2D eigenvalue weighted by Crippen LogP contribution is 2.30. The van der Waals surface area contributed by atoms with Crippen LogP contribution in [0.5, 0.6) is 17.2 Å². The lowest BCUT2D eigenvalue weighted by atomic mass is 10.3. The molecule has 0 aliphatic carbocycles. The fraction of sp³-hybridized carbons (Fsp3) is 0.0526. The topological polar surface area (TPSA) is 108 Å². The number of nitrogens with one attached hydrogen (secondary N) is 1. The molecule has 0 aromatic heterocycles. The summed E-state index contributed by atoms with van der Waals surface area (Å²) < 4.78 is 38.1. The Morgan fingerprint density at radius 3 is 2.11 bits per heavy atom. The smallest absolute Gasteiger partial charge is 0.293 e. The van der Waals surface area contributed by atoms with Gasteiger partial charge in [0.25, 0.3) is 15.7 Å². The second-order valence-electron chi connectivity index (χ2n) is 5.64. The van der Waals surface area contributed by atoms with Gasteiger partial charge < -0.3 is 9.47 Å². The molecule has 0 aliphatic rings. The standard InChI is InChI=1S/C19H16N2O6S/c1-26-17-11-12-19(18(13-17)21(22)23)28(24,25)20-14-7-9-16(10-8-14)27-15-5-3-2-4-6-15/h2-13,20H,1H3. The molecule has 0 bridgehead atoms. The van der Waals surface area contributed by atoms with E-state index in [1.807, 2.05) is 18.2 Å². The van der Waals surface area contributed by atoms with Crippen LogP contribution in [0.15, 0.2) is 77.7 Å². The molecule has 144 valence electrons. The highest BCUT2D eigenvalue weighted by Gasteiger charge is 2.26. The van der Waals surface area contributed by atoms with Gasteiger partial charge in [0.15, 0.2) is 4.90 Å². The van der Waals surface area contributed by atoms with Gasteiger partial charge in [0, 0.05) is 5.69 Å². The predicted molar refractivity (Wildman–Crippen MR) is 103 cm³/mol. The van der Waals surface area contributed by atoms with E-state index in [9.17, 15) is 18.5 Å². The molecule has 0 amide bonds. The molecule has 9 heteroatoms. The number of nitro groups is 1. The number of ether oxygens (including phenoxy) is 2. The van der Waals surface area contributed by atoms with Gasteiger partial charge in [-0.1, -0.05) is 18.2 Å². The number of nitrogens with zero attached hydrogens (tertiary/aromatic N) is 1. The first-order valence-electron chi connectivity index (χ1n) is 8.07. The molecular weight excluding hydrogens is 384 g/mol.